The molecule has 1 aromatic rings. The van der Waals surface area contributed by atoms with E-state index < -0.39 is 0 Å². The number of amides is 1. The van der Waals surface area contributed by atoms with Crippen molar-refractivity contribution in [2.75, 3.05) is 32.7 Å². The van der Waals surface area contributed by atoms with Crippen molar-refractivity contribution in [3.05, 3.63) is 24.2 Å². The second kappa shape index (κ2) is 6.62. The second-order valence-corrected chi connectivity index (χ2v) is 6.45. The van der Waals surface area contributed by atoms with E-state index in [0.29, 0.717) is 18.5 Å². The number of nitrogens with zero attached hydrogens (tertiary/aromatic N) is 1. The highest BCUT2D eigenvalue weighted by Crippen LogP contribution is 2.35. The lowest BCUT2D eigenvalue weighted by Crippen LogP contribution is -2.52. The number of carbonyl (C=O) groups is 1. The van der Waals surface area contributed by atoms with Crippen LogP contribution in [0.3, 0.4) is 0 Å². The highest BCUT2D eigenvalue weighted by molar-refractivity contribution is 5.77. The van der Waals surface area contributed by atoms with Gasteiger partial charge in [-0.3, -0.25) is 9.69 Å². The van der Waals surface area contributed by atoms with Crippen LogP contribution in [-0.2, 0) is 11.3 Å². The molecule has 1 amide bonds. The molecule has 5 nitrogen and oxygen atoms in total. The molecule has 1 aromatic heterocycles. The number of nitrogens with one attached hydrogen (secondary N) is 2. The molecule has 3 rings (SSSR count). The number of hydrogen-bond donors (Lipinski definition) is 2. The molecule has 1 spiro atoms. The molecule has 2 fully saturated rings. The van der Waals surface area contributed by atoms with Gasteiger partial charge in [-0.25, -0.2) is 0 Å². The summed E-state index contributed by atoms with van der Waals surface area (Å²) in [6.07, 6.45) is 6.69. The van der Waals surface area contributed by atoms with E-state index in [0.717, 1.165) is 31.9 Å². The van der Waals surface area contributed by atoms with Crippen LogP contribution < -0.4 is 10.6 Å². The normalized spacial score (nSPS) is 26.9. The molecular formula is C16H25N3O2. The van der Waals surface area contributed by atoms with Crippen LogP contribution in [0.2, 0.25) is 0 Å². The van der Waals surface area contributed by atoms with Gasteiger partial charge in [0.15, 0.2) is 0 Å². The fourth-order valence-corrected chi connectivity index (χ4v) is 3.68. The Bertz CT molecular complexity index is 447. The molecular weight excluding hydrogens is 266 g/mol. The maximum Gasteiger partial charge on any atom is 0.234 e. The summed E-state index contributed by atoms with van der Waals surface area (Å²) < 4.78 is 5.23. The van der Waals surface area contributed by atoms with Crippen molar-refractivity contribution < 1.29 is 9.21 Å². The van der Waals surface area contributed by atoms with Gasteiger partial charge >= 0.3 is 0 Å². The van der Waals surface area contributed by atoms with Gasteiger partial charge < -0.3 is 15.1 Å². The minimum Gasteiger partial charge on any atom is -0.467 e. The first-order valence-corrected chi connectivity index (χ1v) is 7.98. The summed E-state index contributed by atoms with van der Waals surface area (Å²) in [7, 11) is 0. The van der Waals surface area contributed by atoms with Gasteiger partial charge in [0, 0.05) is 13.1 Å². The zero-order valence-electron chi connectivity index (χ0n) is 12.6. The van der Waals surface area contributed by atoms with E-state index in [9.17, 15) is 4.79 Å². The number of hydrogen-bond acceptors (Lipinski definition) is 4. The summed E-state index contributed by atoms with van der Waals surface area (Å²) in [5.41, 5.74) is 0.401. The Hall–Kier alpha value is -1.33. The molecule has 116 valence electrons. The molecule has 2 aliphatic rings. The van der Waals surface area contributed by atoms with Crippen molar-refractivity contribution in [1.82, 2.24) is 15.5 Å². The first kappa shape index (κ1) is 14.6. The van der Waals surface area contributed by atoms with Gasteiger partial charge in [0.05, 0.1) is 19.4 Å². The maximum absolute atomic E-state index is 12.1. The molecule has 1 unspecified atom stereocenters. The van der Waals surface area contributed by atoms with Crippen molar-refractivity contribution in [3.8, 4) is 0 Å². The highest BCUT2D eigenvalue weighted by atomic mass is 16.3. The predicted octanol–water partition coefficient (Wildman–Crippen LogP) is 1.36. The van der Waals surface area contributed by atoms with E-state index in [1.54, 1.807) is 6.26 Å². The second-order valence-electron chi connectivity index (χ2n) is 6.45. The molecule has 21 heavy (non-hydrogen) atoms. The Morgan fingerprint density at radius 1 is 1.43 bits per heavy atom. The van der Waals surface area contributed by atoms with Crippen molar-refractivity contribution in [2.45, 2.75) is 32.2 Å². The van der Waals surface area contributed by atoms with Crippen molar-refractivity contribution in [1.29, 1.82) is 0 Å². The zero-order chi connectivity index (χ0) is 14.5. The first-order valence-electron chi connectivity index (χ1n) is 7.98. The summed E-state index contributed by atoms with van der Waals surface area (Å²) in [5.74, 6) is 0.891. The number of rotatable bonds is 4. The average molecular weight is 291 g/mol. The minimum atomic E-state index is 0.0900. The van der Waals surface area contributed by atoms with Crippen LogP contribution in [0.15, 0.2) is 22.8 Å². The van der Waals surface area contributed by atoms with Gasteiger partial charge in [-0.2, -0.15) is 0 Å². The molecule has 0 radical (unpaired) electrons. The lowest BCUT2D eigenvalue weighted by Gasteiger charge is -2.45. The number of furan rings is 1. The average Bonchev–Trinajstić information content (AvgIpc) is 2.99. The topological polar surface area (TPSA) is 57.5 Å². The van der Waals surface area contributed by atoms with Crippen LogP contribution in [0.5, 0.6) is 0 Å². The van der Waals surface area contributed by atoms with E-state index in [-0.39, 0.29) is 5.91 Å². The van der Waals surface area contributed by atoms with E-state index in [1.165, 1.54) is 25.7 Å². The summed E-state index contributed by atoms with van der Waals surface area (Å²) in [6, 6.07) is 3.72. The Morgan fingerprint density at radius 3 is 3.10 bits per heavy atom. The standard InChI is InChI=1S/C16H25N3O2/c20-15(18-10-14-4-1-9-21-14)11-19-8-3-6-16(13-19)5-2-7-17-12-16/h1,4,9,17H,2-3,5-8,10-13H2,(H,18,20). The van der Waals surface area contributed by atoms with Gasteiger partial charge in [-0.15, -0.1) is 0 Å². The molecule has 2 saturated heterocycles. The lowest BCUT2D eigenvalue weighted by atomic mass is 9.74. The van der Waals surface area contributed by atoms with Crippen LogP contribution >= 0.6 is 0 Å². The fraction of sp³-hybridized carbons (Fsp3) is 0.688. The third-order valence-electron chi connectivity index (χ3n) is 4.71. The van der Waals surface area contributed by atoms with Gasteiger partial charge in [0.2, 0.25) is 5.91 Å². The SMILES string of the molecule is O=C(CN1CCCC2(CCCNC2)C1)NCc1ccco1. The van der Waals surface area contributed by atoms with Crippen LogP contribution in [-0.4, -0.2) is 43.5 Å². The molecule has 0 aromatic carbocycles. The van der Waals surface area contributed by atoms with Crippen LogP contribution in [0, 0.1) is 5.41 Å². The third-order valence-corrected chi connectivity index (χ3v) is 4.71. The van der Waals surface area contributed by atoms with E-state index in [4.69, 9.17) is 4.42 Å². The third kappa shape index (κ3) is 3.86. The smallest absolute Gasteiger partial charge is 0.234 e. The quantitative estimate of drug-likeness (QED) is 0.879. The number of piperidine rings is 2. The van der Waals surface area contributed by atoms with E-state index >= 15 is 0 Å². The van der Waals surface area contributed by atoms with Crippen LogP contribution in [0.25, 0.3) is 0 Å². The van der Waals surface area contributed by atoms with Crippen molar-refractivity contribution in [2.24, 2.45) is 5.41 Å². The van der Waals surface area contributed by atoms with Gasteiger partial charge in [-0.1, -0.05) is 0 Å². The van der Waals surface area contributed by atoms with Gasteiger partial charge in [0.25, 0.3) is 0 Å². The molecule has 2 N–H and O–H groups in total. The van der Waals surface area contributed by atoms with Crippen LogP contribution in [0.1, 0.15) is 31.4 Å². The van der Waals surface area contributed by atoms with Crippen LogP contribution in [0.4, 0.5) is 0 Å². The molecule has 5 heteroatoms. The van der Waals surface area contributed by atoms with E-state index in [2.05, 4.69) is 15.5 Å². The Balaban J connectivity index is 1.46. The molecule has 1 atom stereocenters. The fourth-order valence-electron chi connectivity index (χ4n) is 3.68. The van der Waals surface area contributed by atoms with Crippen molar-refractivity contribution >= 4 is 5.91 Å². The largest absolute Gasteiger partial charge is 0.467 e. The molecule has 2 aliphatic heterocycles. The van der Waals surface area contributed by atoms with Crippen molar-refractivity contribution in [3.63, 3.8) is 0 Å². The number of likely N-dealkylation sites (tertiary alicyclic amines) is 1. The van der Waals surface area contributed by atoms with Gasteiger partial charge in [-0.05, 0) is 56.3 Å². The molecule has 3 heterocycles. The highest BCUT2D eigenvalue weighted by Gasteiger charge is 2.36. The first-order chi connectivity index (χ1) is 10.3. The monoisotopic (exact) mass is 291 g/mol. The predicted molar refractivity (Wildman–Crippen MR) is 80.8 cm³/mol. The summed E-state index contributed by atoms with van der Waals surface area (Å²) in [5, 5.41) is 6.46. The zero-order valence-corrected chi connectivity index (χ0v) is 12.6. The molecule has 0 aliphatic carbocycles. The minimum absolute atomic E-state index is 0.0900. The molecule has 0 bridgehead atoms. The Kier molecular flexibility index (Phi) is 4.60. The lowest BCUT2D eigenvalue weighted by molar-refractivity contribution is -0.123. The maximum atomic E-state index is 12.1. The summed E-state index contributed by atoms with van der Waals surface area (Å²) >= 11 is 0. The summed E-state index contributed by atoms with van der Waals surface area (Å²) in [6.45, 7) is 5.32. The Morgan fingerprint density at radius 2 is 2.33 bits per heavy atom. The summed E-state index contributed by atoms with van der Waals surface area (Å²) in [4.78, 5) is 14.4. The molecule has 0 saturated carbocycles. The Labute approximate surface area is 126 Å². The van der Waals surface area contributed by atoms with Gasteiger partial charge in [0.1, 0.15) is 5.76 Å². The number of carbonyl (C=O) groups excluding carboxylic acids is 1. The van der Waals surface area contributed by atoms with E-state index in [1.807, 2.05) is 12.1 Å².